The van der Waals surface area contributed by atoms with Crippen molar-refractivity contribution in [1.82, 2.24) is 9.13 Å². The van der Waals surface area contributed by atoms with E-state index in [9.17, 15) is 19.1 Å². The number of hydrogen-bond acceptors (Lipinski definition) is 2. The minimum absolute atomic E-state index is 0.148. The number of aromatic carboxylic acids is 1. The molecule has 0 aliphatic carbocycles. The van der Waals surface area contributed by atoms with Crippen LogP contribution in [0.2, 0.25) is 0 Å². The van der Waals surface area contributed by atoms with Gasteiger partial charge in [0.25, 0.3) is 0 Å². The average molecular weight is 453 g/mol. The highest BCUT2D eigenvalue weighted by Gasteiger charge is 2.19. The van der Waals surface area contributed by atoms with Crippen LogP contribution in [-0.2, 0) is 26.2 Å². The Labute approximate surface area is 194 Å². The summed E-state index contributed by atoms with van der Waals surface area (Å²) in [4.78, 5) is 24.8. The van der Waals surface area contributed by atoms with E-state index in [1.807, 2.05) is 30.3 Å². The van der Waals surface area contributed by atoms with E-state index in [-0.39, 0.29) is 11.3 Å². The lowest BCUT2D eigenvalue weighted by Crippen LogP contribution is -2.26. The van der Waals surface area contributed by atoms with Gasteiger partial charge in [-0.25, -0.2) is 14.0 Å². The number of benzene rings is 2. The summed E-state index contributed by atoms with van der Waals surface area (Å²) >= 11 is 0. The molecule has 0 radical (unpaired) electrons. The highest BCUT2D eigenvalue weighted by atomic mass is 19.1. The molecule has 0 saturated heterocycles. The zero-order valence-electron chi connectivity index (χ0n) is 19.5. The summed E-state index contributed by atoms with van der Waals surface area (Å²) in [7, 11) is 0. The maximum Gasteiger partial charge on any atom is 0.336 e. The van der Waals surface area contributed by atoms with Crippen molar-refractivity contribution in [1.29, 1.82) is 0 Å². The lowest BCUT2D eigenvalue weighted by molar-refractivity contribution is 0.0697. The first-order valence-corrected chi connectivity index (χ1v) is 11.8. The van der Waals surface area contributed by atoms with E-state index in [1.165, 1.54) is 0 Å². The van der Waals surface area contributed by atoms with Gasteiger partial charge < -0.3 is 5.11 Å². The minimum atomic E-state index is -0.968. The number of rotatable bonds is 12. The first kappa shape index (κ1) is 24.5. The van der Waals surface area contributed by atoms with Crippen LogP contribution in [-0.4, -0.2) is 20.2 Å². The zero-order valence-corrected chi connectivity index (χ0v) is 19.5. The Balaban J connectivity index is 1.94. The molecule has 176 valence electrons. The van der Waals surface area contributed by atoms with Crippen LogP contribution in [0.1, 0.15) is 73.3 Å². The van der Waals surface area contributed by atoms with Crippen molar-refractivity contribution >= 4 is 5.97 Å². The number of imidazole rings is 1. The van der Waals surface area contributed by atoms with Gasteiger partial charge in [-0.05, 0) is 42.0 Å². The third-order valence-corrected chi connectivity index (χ3v) is 6.09. The summed E-state index contributed by atoms with van der Waals surface area (Å²) < 4.78 is 17.4. The molecule has 2 aromatic carbocycles. The van der Waals surface area contributed by atoms with E-state index in [1.54, 1.807) is 27.3 Å². The predicted molar refractivity (Wildman–Crippen MR) is 130 cm³/mol. The summed E-state index contributed by atoms with van der Waals surface area (Å²) in [6, 6.07) is 14.5. The molecule has 0 aliphatic heterocycles. The Morgan fingerprint density at radius 1 is 0.909 bits per heavy atom. The predicted octanol–water partition coefficient (Wildman–Crippen LogP) is 6.07. The molecule has 0 aliphatic rings. The second-order valence-electron chi connectivity index (χ2n) is 8.41. The molecule has 0 atom stereocenters. The number of carboxylic acid groups (broad SMARTS) is 1. The quantitative estimate of drug-likeness (QED) is 0.340. The fourth-order valence-electron chi connectivity index (χ4n) is 4.27. The van der Waals surface area contributed by atoms with Crippen LogP contribution in [0.4, 0.5) is 4.39 Å². The number of unbranched alkanes of at least 4 members (excludes halogenated alkanes) is 3. The molecule has 0 amide bonds. The van der Waals surface area contributed by atoms with Crippen LogP contribution < -0.4 is 5.69 Å². The summed E-state index contributed by atoms with van der Waals surface area (Å²) in [5.74, 6) is -0.968. The second-order valence-corrected chi connectivity index (χ2v) is 8.41. The van der Waals surface area contributed by atoms with Gasteiger partial charge in [0, 0.05) is 12.2 Å². The monoisotopic (exact) mass is 452 g/mol. The van der Waals surface area contributed by atoms with Crippen molar-refractivity contribution in [2.75, 3.05) is 0 Å². The van der Waals surface area contributed by atoms with E-state index < -0.39 is 12.6 Å². The zero-order chi connectivity index (χ0) is 23.8. The van der Waals surface area contributed by atoms with Crippen LogP contribution in [0.25, 0.3) is 11.1 Å². The van der Waals surface area contributed by atoms with Crippen molar-refractivity contribution in [3.8, 4) is 11.1 Å². The van der Waals surface area contributed by atoms with Gasteiger partial charge in [0.15, 0.2) is 0 Å². The number of alkyl halides is 1. The Hall–Kier alpha value is -3.15. The number of hydrogen-bond donors (Lipinski definition) is 1. The van der Waals surface area contributed by atoms with E-state index >= 15 is 0 Å². The fraction of sp³-hybridized carbons (Fsp3) is 0.407. The van der Waals surface area contributed by atoms with Crippen molar-refractivity contribution in [3.63, 3.8) is 0 Å². The second kappa shape index (κ2) is 11.6. The number of carbonyl (C=O) groups is 1. The maximum absolute atomic E-state index is 14.0. The van der Waals surface area contributed by atoms with Gasteiger partial charge in [-0.3, -0.25) is 9.13 Å². The molecular weight excluding hydrogens is 419 g/mol. The van der Waals surface area contributed by atoms with Crippen molar-refractivity contribution in [3.05, 3.63) is 81.5 Å². The van der Waals surface area contributed by atoms with Crippen molar-refractivity contribution in [2.45, 2.75) is 72.1 Å². The van der Waals surface area contributed by atoms with E-state index in [0.717, 1.165) is 48.9 Å². The summed E-state index contributed by atoms with van der Waals surface area (Å²) in [5.41, 5.74) is 3.78. The molecular formula is C27H33FN2O3. The van der Waals surface area contributed by atoms with Crippen molar-refractivity contribution < 1.29 is 14.3 Å². The topological polar surface area (TPSA) is 64.2 Å². The molecule has 1 aromatic heterocycles. The Morgan fingerprint density at radius 2 is 1.61 bits per heavy atom. The summed E-state index contributed by atoms with van der Waals surface area (Å²) in [6.45, 7) is 4.46. The smallest absolute Gasteiger partial charge is 0.336 e. The minimum Gasteiger partial charge on any atom is -0.478 e. The molecule has 5 nitrogen and oxygen atoms in total. The lowest BCUT2D eigenvalue weighted by atomic mass is 9.99. The molecule has 0 bridgehead atoms. The van der Waals surface area contributed by atoms with E-state index in [2.05, 4.69) is 13.8 Å². The molecule has 3 rings (SSSR count). The van der Waals surface area contributed by atoms with E-state index in [4.69, 9.17) is 0 Å². The molecule has 1 heterocycles. The van der Waals surface area contributed by atoms with Gasteiger partial charge in [-0.1, -0.05) is 75.6 Å². The van der Waals surface area contributed by atoms with Gasteiger partial charge in [0.2, 0.25) is 0 Å². The van der Waals surface area contributed by atoms with Gasteiger partial charge >= 0.3 is 11.7 Å². The molecule has 3 aromatic rings. The third-order valence-electron chi connectivity index (χ3n) is 6.09. The van der Waals surface area contributed by atoms with Crippen LogP contribution in [0, 0.1) is 0 Å². The first-order valence-electron chi connectivity index (χ1n) is 11.8. The highest BCUT2D eigenvalue weighted by molar-refractivity contribution is 5.95. The summed E-state index contributed by atoms with van der Waals surface area (Å²) in [6.07, 6.45) is 5.45. The van der Waals surface area contributed by atoms with Gasteiger partial charge in [0.05, 0.1) is 17.8 Å². The number of carboxylic acids is 1. The molecule has 1 N–H and O–H groups in total. The fourth-order valence-corrected chi connectivity index (χ4v) is 4.27. The Bertz CT molecular complexity index is 1130. The van der Waals surface area contributed by atoms with Crippen LogP contribution in [0.15, 0.2) is 53.3 Å². The van der Waals surface area contributed by atoms with Crippen LogP contribution in [0.3, 0.4) is 0 Å². The van der Waals surface area contributed by atoms with Gasteiger partial charge in [-0.2, -0.15) is 0 Å². The molecule has 6 heteroatoms. The standard InChI is InChI=1S/C27H33FN2O3/c1-3-5-9-17-29-25(18-28)24(12-6-4-2)30(27(29)33)19-20-13-15-21(16-14-20)22-10-7-8-11-23(22)26(31)32/h7-8,10-11,13-16H,3-6,9,12,17-19H2,1-2H3,(H,31,32). The van der Waals surface area contributed by atoms with Gasteiger partial charge in [0.1, 0.15) is 6.67 Å². The average Bonchev–Trinajstić information content (AvgIpc) is 3.08. The largest absolute Gasteiger partial charge is 0.478 e. The lowest BCUT2D eigenvalue weighted by Gasteiger charge is -2.10. The summed E-state index contributed by atoms with van der Waals surface area (Å²) in [5, 5.41) is 9.47. The van der Waals surface area contributed by atoms with Gasteiger partial charge in [-0.15, -0.1) is 0 Å². The highest BCUT2D eigenvalue weighted by Crippen LogP contribution is 2.25. The number of halogens is 1. The Morgan fingerprint density at radius 3 is 2.24 bits per heavy atom. The SMILES string of the molecule is CCCCCn1c(CF)c(CCCC)n(Cc2ccc(-c3ccccc3C(=O)O)cc2)c1=O. The number of aromatic nitrogens is 2. The number of nitrogens with zero attached hydrogens (tertiary/aromatic N) is 2. The van der Waals surface area contributed by atoms with E-state index in [0.29, 0.717) is 30.8 Å². The molecule has 0 saturated carbocycles. The first-order chi connectivity index (χ1) is 16.0. The van der Waals surface area contributed by atoms with Crippen LogP contribution in [0.5, 0.6) is 0 Å². The van der Waals surface area contributed by atoms with Crippen LogP contribution >= 0.6 is 0 Å². The molecule has 0 unspecified atom stereocenters. The molecule has 0 fully saturated rings. The molecule has 0 spiro atoms. The normalized spacial score (nSPS) is 11.1. The molecule has 33 heavy (non-hydrogen) atoms. The maximum atomic E-state index is 14.0. The van der Waals surface area contributed by atoms with Crippen molar-refractivity contribution in [2.24, 2.45) is 0 Å². The third kappa shape index (κ3) is 5.62. The Kier molecular flexibility index (Phi) is 8.64.